The number of hydrogen-bond acceptors (Lipinski definition) is 3. The van der Waals surface area contributed by atoms with Crippen LogP contribution in [0.3, 0.4) is 0 Å². The molecular weight excluding hydrogens is 411 g/mol. The Morgan fingerprint density at radius 1 is 0.613 bits per heavy atom. The fourth-order valence-corrected chi connectivity index (χ4v) is 2.63. The number of hydrazine groups is 1. The molecule has 0 radical (unpaired) electrons. The van der Waals surface area contributed by atoms with Gasteiger partial charge in [-0.1, -0.05) is 30.3 Å². The van der Waals surface area contributed by atoms with E-state index in [1.807, 2.05) is 0 Å². The van der Waals surface area contributed by atoms with Crippen molar-refractivity contribution in [1.82, 2.24) is 10.9 Å². The second-order valence-corrected chi connectivity index (χ2v) is 6.39. The van der Waals surface area contributed by atoms with E-state index in [0.717, 1.165) is 18.2 Å². The number of hydrogen-bond donors (Lipinski definition) is 3. The molecule has 0 saturated heterocycles. The van der Waals surface area contributed by atoms with Crippen molar-refractivity contribution < 1.29 is 27.6 Å². The van der Waals surface area contributed by atoms with E-state index in [1.54, 1.807) is 30.3 Å². The third kappa shape index (κ3) is 5.69. The lowest BCUT2D eigenvalue weighted by molar-refractivity contribution is -0.137. The molecule has 9 heteroatoms. The van der Waals surface area contributed by atoms with E-state index in [2.05, 4.69) is 16.2 Å². The lowest BCUT2D eigenvalue weighted by Gasteiger charge is -2.11. The molecule has 0 heterocycles. The Labute approximate surface area is 175 Å². The number of nitrogens with one attached hydrogen (secondary N) is 3. The average molecular weight is 427 g/mol. The van der Waals surface area contributed by atoms with Gasteiger partial charge in [0.15, 0.2) is 0 Å². The first-order valence-electron chi connectivity index (χ1n) is 8.98. The van der Waals surface area contributed by atoms with E-state index in [9.17, 15) is 27.6 Å². The molecule has 3 N–H and O–H groups in total. The van der Waals surface area contributed by atoms with Crippen LogP contribution in [0.15, 0.2) is 78.9 Å². The quantitative estimate of drug-likeness (QED) is 0.550. The number of alkyl halides is 3. The smallest absolute Gasteiger partial charge is 0.322 e. The first kappa shape index (κ1) is 21.6. The Bertz CT molecular complexity index is 1120. The van der Waals surface area contributed by atoms with Crippen LogP contribution in [0.1, 0.15) is 36.6 Å². The number of anilines is 1. The van der Waals surface area contributed by atoms with Crippen LogP contribution in [0.4, 0.5) is 18.9 Å². The maximum Gasteiger partial charge on any atom is 0.416 e. The molecule has 6 nitrogen and oxygen atoms in total. The molecule has 0 aromatic heterocycles. The Kier molecular flexibility index (Phi) is 6.35. The normalized spacial score (nSPS) is 10.8. The lowest BCUT2D eigenvalue weighted by atomic mass is 10.1. The topological polar surface area (TPSA) is 87.3 Å². The molecule has 0 spiro atoms. The van der Waals surface area contributed by atoms with Gasteiger partial charge in [0.05, 0.1) is 5.56 Å². The van der Waals surface area contributed by atoms with Crippen molar-refractivity contribution >= 4 is 23.4 Å². The Balaban J connectivity index is 1.65. The monoisotopic (exact) mass is 427 g/mol. The maximum atomic E-state index is 12.8. The zero-order valence-electron chi connectivity index (χ0n) is 15.9. The highest BCUT2D eigenvalue weighted by atomic mass is 19.4. The van der Waals surface area contributed by atoms with Crippen molar-refractivity contribution in [3.8, 4) is 0 Å². The molecule has 0 aliphatic heterocycles. The summed E-state index contributed by atoms with van der Waals surface area (Å²) in [5.41, 5.74) is 4.08. The van der Waals surface area contributed by atoms with Crippen LogP contribution in [0.5, 0.6) is 0 Å². The summed E-state index contributed by atoms with van der Waals surface area (Å²) in [5.74, 6) is -1.91. The number of rotatable bonds is 4. The fourth-order valence-electron chi connectivity index (χ4n) is 2.63. The first-order chi connectivity index (χ1) is 14.7. The minimum Gasteiger partial charge on any atom is -0.322 e. The first-order valence-corrected chi connectivity index (χ1v) is 8.98. The molecule has 0 aliphatic carbocycles. The number of benzene rings is 3. The Morgan fingerprint density at radius 2 is 1.16 bits per heavy atom. The molecule has 3 aromatic rings. The molecule has 31 heavy (non-hydrogen) atoms. The SMILES string of the molecule is O=C(NNC(=O)c1cccc(NC(=O)c2cccc(C(F)(F)F)c2)c1)c1ccccc1. The standard InChI is InChI=1S/C22H16F3N3O3/c23-22(24,25)17-10-4-8-15(12-17)19(29)26-18-11-5-9-16(13-18)21(31)28-27-20(30)14-6-2-1-3-7-14/h1-13H,(H,26,29)(H,27,30)(H,28,31). The van der Waals surface area contributed by atoms with Gasteiger partial charge in [-0.25, -0.2) is 0 Å². The third-order valence-electron chi connectivity index (χ3n) is 4.16. The summed E-state index contributed by atoms with van der Waals surface area (Å²) >= 11 is 0. The predicted octanol–water partition coefficient (Wildman–Crippen LogP) is 4.03. The summed E-state index contributed by atoms with van der Waals surface area (Å²) < 4.78 is 38.5. The minimum absolute atomic E-state index is 0.121. The lowest BCUT2D eigenvalue weighted by Crippen LogP contribution is -2.41. The summed E-state index contributed by atoms with van der Waals surface area (Å²) in [4.78, 5) is 36.6. The zero-order chi connectivity index (χ0) is 22.4. The second kappa shape index (κ2) is 9.12. The number of halogens is 3. The van der Waals surface area contributed by atoms with Gasteiger partial charge in [-0.3, -0.25) is 25.2 Å². The highest BCUT2D eigenvalue weighted by Gasteiger charge is 2.30. The van der Waals surface area contributed by atoms with Gasteiger partial charge < -0.3 is 5.32 Å². The molecule has 0 fully saturated rings. The predicted molar refractivity (Wildman–Crippen MR) is 107 cm³/mol. The van der Waals surface area contributed by atoms with E-state index in [1.165, 1.54) is 30.3 Å². The molecule has 158 valence electrons. The molecule has 3 aromatic carbocycles. The number of amides is 3. The number of carbonyl (C=O) groups is 3. The van der Waals surface area contributed by atoms with E-state index >= 15 is 0 Å². The van der Waals surface area contributed by atoms with Crippen LogP contribution in [0.25, 0.3) is 0 Å². The molecule has 0 atom stereocenters. The fraction of sp³-hybridized carbons (Fsp3) is 0.0455. The molecular formula is C22H16F3N3O3. The van der Waals surface area contributed by atoms with Gasteiger partial charge in [-0.05, 0) is 48.5 Å². The van der Waals surface area contributed by atoms with Gasteiger partial charge >= 0.3 is 6.18 Å². The van der Waals surface area contributed by atoms with Crippen LogP contribution in [-0.4, -0.2) is 17.7 Å². The van der Waals surface area contributed by atoms with Gasteiger partial charge in [0.2, 0.25) is 0 Å². The molecule has 3 rings (SSSR count). The van der Waals surface area contributed by atoms with Crippen LogP contribution < -0.4 is 16.2 Å². The van der Waals surface area contributed by atoms with Crippen molar-refractivity contribution in [2.75, 3.05) is 5.32 Å². The summed E-state index contributed by atoms with van der Waals surface area (Å²) in [7, 11) is 0. The molecule has 0 saturated carbocycles. The van der Waals surface area contributed by atoms with Gasteiger partial charge in [-0.15, -0.1) is 0 Å². The average Bonchev–Trinajstić information content (AvgIpc) is 2.77. The molecule has 0 bridgehead atoms. The van der Waals surface area contributed by atoms with Gasteiger partial charge in [0.1, 0.15) is 0 Å². The Hall–Kier alpha value is -4.14. The second-order valence-electron chi connectivity index (χ2n) is 6.39. The van der Waals surface area contributed by atoms with Crippen molar-refractivity contribution in [3.63, 3.8) is 0 Å². The molecule has 3 amide bonds. The van der Waals surface area contributed by atoms with Crippen molar-refractivity contribution in [3.05, 3.63) is 101 Å². The number of carbonyl (C=O) groups excluding carboxylic acids is 3. The van der Waals surface area contributed by atoms with Gasteiger partial charge in [0, 0.05) is 22.4 Å². The third-order valence-corrected chi connectivity index (χ3v) is 4.16. The van der Waals surface area contributed by atoms with Crippen molar-refractivity contribution in [2.45, 2.75) is 6.18 Å². The summed E-state index contributed by atoms with van der Waals surface area (Å²) in [6, 6.07) is 18.0. The molecule has 0 unspecified atom stereocenters. The van der Waals surface area contributed by atoms with Crippen molar-refractivity contribution in [2.24, 2.45) is 0 Å². The van der Waals surface area contributed by atoms with E-state index in [4.69, 9.17) is 0 Å². The Morgan fingerprint density at radius 3 is 1.81 bits per heavy atom. The molecule has 0 aliphatic rings. The van der Waals surface area contributed by atoms with Crippen molar-refractivity contribution in [1.29, 1.82) is 0 Å². The van der Waals surface area contributed by atoms with Crippen LogP contribution in [0, 0.1) is 0 Å². The van der Waals surface area contributed by atoms with Gasteiger partial charge in [-0.2, -0.15) is 13.2 Å². The summed E-state index contributed by atoms with van der Waals surface area (Å²) in [6.45, 7) is 0. The largest absolute Gasteiger partial charge is 0.416 e. The van der Waals surface area contributed by atoms with E-state index < -0.39 is 29.5 Å². The van der Waals surface area contributed by atoms with Crippen LogP contribution in [0.2, 0.25) is 0 Å². The van der Waals surface area contributed by atoms with Crippen LogP contribution in [-0.2, 0) is 6.18 Å². The van der Waals surface area contributed by atoms with E-state index in [0.29, 0.717) is 5.56 Å². The summed E-state index contributed by atoms with van der Waals surface area (Å²) in [5, 5.41) is 2.45. The highest BCUT2D eigenvalue weighted by molar-refractivity contribution is 6.05. The van der Waals surface area contributed by atoms with Gasteiger partial charge in [0.25, 0.3) is 17.7 Å². The maximum absolute atomic E-state index is 12.8. The minimum atomic E-state index is -4.57. The van der Waals surface area contributed by atoms with E-state index in [-0.39, 0.29) is 16.8 Å². The zero-order valence-corrected chi connectivity index (χ0v) is 15.9. The summed E-state index contributed by atoms with van der Waals surface area (Å²) in [6.07, 6.45) is -4.57. The highest BCUT2D eigenvalue weighted by Crippen LogP contribution is 2.29. The van der Waals surface area contributed by atoms with Crippen LogP contribution >= 0.6 is 0 Å².